The number of nitrogen functional groups attached to an aromatic ring is 1. The Labute approximate surface area is 210 Å². The van der Waals surface area contributed by atoms with Crippen molar-refractivity contribution < 1.29 is 4.79 Å². The number of hydrogen-bond acceptors (Lipinski definition) is 6. The van der Waals surface area contributed by atoms with Crippen molar-refractivity contribution in [2.75, 3.05) is 12.8 Å². The van der Waals surface area contributed by atoms with Crippen LogP contribution in [0.4, 0.5) is 5.82 Å². The monoisotopic (exact) mass is 478 g/mol. The Balaban J connectivity index is 0.000000848. The van der Waals surface area contributed by atoms with Crippen molar-refractivity contribution in [2.45, 2.75) is 38.3 Å². The van der Waals surface area contributed by atoms with E-state index in [0.29, 0.717) is 11.9 Å². The normalized spacial score (nSPS) is 18.6. The average Bonchev–Trinajstić information content (AvgIpc) is 3.50. The number of carbonyl (C=O) groups excluding carboxylic acids is 1. The van der Waals surface area contributed by atoms with Gasteiger partial charge >= 0.3 is 0 Å². The number of allylic oxidation sites excluding steroid dienone is 2. The predicted molar refractivity (Wildman–Crippen MR) is 144 cm³/mol. The lowest BCUT2D eigenvalue weighted by molar-refractivity contribution is -0.106. The van der Waals surface area contributed by atoms with Gasteiger partial charge in [-0.05, 0) is 63.1 Å². The van der Waals surface area contributed by atoms with Crippen LogP contribution in [0.1, 0.15) is 32.2 Å². The van der Waals surface area contributed by atoms with Crippen LogP contribution < -0.4 is 11.1 Å². The van der Waals surface area contributed by atoms with Crippen LogP contribution in [-0.2, 0) is 4.79 Å². The average molecular weight is 479 g/mol. The van der Waals surface area contributed by atoms with Gasteiger partial charge in [-0.1, -0.05) is 48.1 Å². The highest BCUT2D eigenvalue weighted by atomic mass is 16.1. The Morgan fingerprint density at radius 1 is 1.08 bits per heavy atom. The van der Waals surface area contributed by atoms with Gasteiger partial charge in [0.05, 0.1) is 17.3 Å². The van der Waals surface area contributed by atoms with Crippen molar-refractivity contribution >= 4 is 23.3 Å². The topological polar surface area (TPSA) is 98.7 Å². The molecule has 3 heterocycles. The van der Waals surface area contributed by atoms with Crippen LogP contribution in [-0.4, -0.2) is 38.9 Å². The number of nitrogens with one attached hydrogen (secondary N) is 1. The van der Waals surface area contributed by atoms with Crippen molar-refractivity contribution in [3.05, 3.63) is 84.1 Å². The molecule has 2 unspecified atom stereocenters. The van der Waals surface area contributed by atoms with Gasteiger partial charge in [0, 0.05) is 17.8 Å². The van der Waals surface area contributed by atoms with Gasteiger partial charge in [-0.2, -0.15) is 0 Å². The number of nitrogens with two attached hydrogens (primary N) is 1. The third-order valence-electron chi connectivity index (χ3n) is 6.84. The number of rotatable bonds is 4. The summed E-state index contributed by atoms with van der Waals surface area (Å²) >= 11 is 0. The third-order valence-corrected chi connectivity index (χ3v) is 6.84. The minimum Gasteiger partial charge on any atom is -0.383 e. The number of aromatic nitrogens is 4. The van der Waals surface area contributed by atoms with Crippen LogP contribution in [0.2, 0.25) is 0 Å². The molecule has 2 aliphatic rings. The fourth-order valence-corrected chi connectivity index (χ4v) is 5.19. The van der Waals surface area contributed by atoms with Gasteiger partial charge in [-0.3, -0.25) is 0 Å². The van der Waals surface area contributed by atoms with E-state index in [4.69, 9.17) is 20.5 Å². The Hall–Kier alpha value is -4.10. The van der Waals surface area contributed by atoms with Crippen LogP contribution >= 0.6 is 0 Å². The molecule has 2 atom stereocenters. The number of aldehydes is 1. The zero-order valence-corrected chi connectivity index (χ0v) is 20.6. The van der Waals surface area contributed by atoms with Crippen molar-refractivity contribution in [1.29, 1.82) is 0 Å². The van der Waals surface area contributed by atoms with Gasteiger partial charge in [-0.15, -0.1) is 0 Å². The lowest BCUT2D eigenvalue weighted by Gasteiger charge is -2.24. The van der Waals surface area contributed by atoms with E-state index in [1.54, 1.807) is 6.20 Å². The molecule has 36 heavy (non-hydrogen) atoms. The molecule has 3 aromatic heterocycles. The maximum absolute atomic E-state index is 8.81. The van der Waals surface area contributed by atoms with E-state index in [0.717, 1.165) is 59.4 Å². The number of likely N-dealkylation sites (N-methyl/N-ethyl adjacent to an activating group) is 1. The van der Waals surface area contributed by atoms with Gasteiger partial charge < -0.3 is 20.4 Å². The molecule has 0 fully saturated rings. The molecule has 0 aliphatic heterocycles. The maximum Gasteiger partial charge on any atom is 0.161 e. The zero-order chi connectivity index (χ0) is 25.1. The zero-order valence-electron chi connectivity index (χ0n) is 20.6. The summed E-state index contributed by atoms with van der Waals surface area (Å²) in [6.07, 6.45) is 10.3. The van der Waals surface area contributed by atoms with Gasteiger partial charge in [-0.25, -0.2) is 15.0 Å². The maximum atomic E-state index is 8.81. The minimum absolute atomic E-state index is 0.123. The van der Waals surface area contributed by atoms with E-state index >= 15 is 0 Å². The van der Waals surface area contributed by atoms with Crippen molar-refractivity contribution in [3.63, 3.8) is 0 Å². The van der Waals surface area contributed by atoms with Crippen LogP contribution in [0.25, 0.3) is 33.8 Å². The molecular weight excluding hydrogens is 448 g/mol. The van der Waals surface area contributed by atoms with Crippen LogP contribution in [0.15, 0.2) is 84.1 Å². The highest BCUT2D eigenvalue weighted by Gasteiger charge is 2.30. The number of nitrogens with zero attached hydrogens (tertiary/aromatic N) is 4. The van der Waals surface area contributed by atoms with Crippen LogP contribution in [0, 0.1) is 0 Å². The summed E-state index contributed by atoms with van der Waals surface area (Å²) in [5, 5.41) is 3.45. The molecule has 1 aromatic carbocycles. The number of pyridine rings is 2. The molecule has 0 bridgehead atoms. The molecule has 6 rings (SSSR count). The Kier molecular flexibility index (Phi) is 6.73. The Morgan fingerprint density at radius 3 is 2.64 bits per heavy atom. The van der Waals surface area contributed by atoms with Crippen molar-refractivity contribution in [2.24, 2.45) is 0 Å². The van der Waals surface area contributed by atoms with E-state index < -0.39 is 0 Å². The summed E-state index contributed by atoms with van der Waals surface area (Å²) in [5.41, 5.74) is 13.9. The molecular formula is C29H30N6O. The second kappa shape index (κ2) is 10.3. The van der Waals surface area contributed by atoms with Crippen molar-refractivity contribution in [3.8, 4) is 22.6 Å². The lowest BCUT2D eigenvalue weighted by Crippen LogP contribution is -2.24. The molecule has 2 aliphatic carbocycles. The van der Waals surface area contributed by atoms with E-state index in [1.165, 1.54) is 18.1 Å². The molecule has 4 aromatic rings. The van der Waals surface area contributed by atoms with Crippen LogP contribution in [0.5, 0.6) is 0 Å². The number of hydrogen-bond donors (Lipinski definition) is 2. The Morgan fingerprint density at radius 2 is 1.89 bits per heavy atom. The number of anilines is 1. The molecule has 7 heteroatoms. The number of carbonyl (C=O) groups is 1. The first-order valence-electron chi connectivity index (χ1n) is 12.3. The first-order chi connectivity index (χ1) is 17.6. The summed E-state index contributed by atoms with van der Waals surface area (Å²) in [6, 6.07) is 18.8. The van der Waals surface area contributed by atoms with Gasteiger partial charge in [0.15, 0.2) is 5.65 Å². The molecule has 7 nitrogen and oxygen atoms in total. The molecule has 182 valence electrons. The number of benzene rings is 1. The largest absolute Gasteiger partial charge is 0.383 e. The summed E-state index contributed by atoms with van der Waals surface area (Å²) in [4.78, 5) is 23.2. The smallest absolute Gasteiger partial charge is 0.161 e. The van der Waals surface area contributed by atoms with Crippen LogP contribution in [0.3, 0.4) is 0 Å². The molecule has 0 spiro atoms. The first-order valence-corrected chi connectivity index (χ1v) is 12.3. The summed E-state index contributed by atoms with van der Waals surface area (Å²) in [7, 11) is 2.04. The highest BCUT2D eigenvalue weighted by molar-refractivity contribution is 5.82. The number of imidazole rings is 1. The first kappa shape index (κ1) is 23.6. The summed E-state index contributed by atoms with van der Waals surface area (Å²) < 4.78 is 2.25. The SMILES string of the molecule is CC=O.CNC1CCC2=C1C=CC(n1c(-c3cccnc3N)nc3ccc(-c4ccccc4)nc31)C2. The fraction of sp³-hybridized carbons (Fsp3) is 0.241. The van der Waals surface area contributed by atoms with E-state index in [-0.39, 0.29) is 6.04 Å². The minimum atomic E-state index is 0.123. The quantitative estimate of drug-likeness (QED) is 0.395. The molecule has 0 saturated heterocycles. The lowest BCUT2D eigenvalue weighted by atomic mass is 9.95. The number of fused-ring (bicyclic) bond motifs is 1. The highest BCUT2D eigenvalue weighted by Crippen LogP contribution is 2.41. The van der Waals surface area contributed by atoms with Gasteiger partial charge in [0.1, 0.15) is 23.4 Å². The summed E-state index contributed by atoms with van der Waals surface area (Å²) in [5.74, 6) is 1.29. The second-order valence-corrected chi connectivity index (χ2v) is 8.95. The van der Waals surface area contributed by atoms with Gasteiger partial charge in [0.25, 0.3) is 0 Å². The van der Waals surface area contributed by atoms with E-state index in [1.807, 2.05) is 43.4 Å². The third kappa shape index (κ3) is 4.33. The van der Waals surface area contributed by atoms with E-state index in [2.05, 4.69) is 45.2 Å². The standard InChI is InChI=1S/C27H26N6.C2H4O/c1-29-23-12-9-18-16-19(10-11-20(18)23)33-26(21-8-5-15-30-25(21)28)32-24-14-13-22(31-27(24)33)17-6-3-2-4-7-17;1-2-3/h2-8,10-11,13-15,19,23,29H,9,12,16H2,1H3,(H2,28,30);2H,1H3. The molecule has 0 radical (unpaired) electrons. The predicted octanol–water partition coefficient (Wildman–Crippen LogP) is 5.13. The van der Waals surface area contributed by atoms with Gasteiger partial charge in [0.2, 0.25) is 0 Å². The molecule has 0 saturated carbocycles. The second-order valence-electron chi connectivity index (χ2n) is 8.95. The summed E-state index contributed by atoms with van der Waals surface area (Å²) in [6.45, 7) is 1.44. The molecule has 0 amide bonds. The molecule has 3 N–H and O–H groups in total. The van der Waals surface area contributed by atoms with E-state index in [9.17, 15) is 0 Å². The Bertz CT molecular complexity index is 1450. The fourth-order valence-electron chi connectivity index (χ4n) is 5.19. The van der Waals surface area contributed by atoms with Crippen molar-refractivity contribution in [1.82, 2.24) is 24.8 Å².